The molecule has 2 heterocycles. The minimum absolute atomic E-state index is 0.132. The van der Waals surface area contributed by atoms with Crippen LogP contribution in [0.4, 0.5) is 4.79 Å². The van der Waals surface area contributed by atoms with Gasteiger partial charge in [0.25, 0.3) is 0 Å². The highest BCUT2D eigenvalue weighted by atomic mass is 28.4. The van der Waals surface area contributed by atoms with E-state index < -0.39 is 20.0 Å². The van der Waals surface area contributed by atoms with Gasteiger partial charge >= 0.3 is 6.09 Å². The maximum atomic E-state index is 12.3. The standard InChI is InChI=1S/C29H44N4O3Si/c1-20(2)21-11-13-22(14-12-21)25-23-15-16-30-24(19-31-27(34)36-28(3,4)5)26(23)33(32-25)17-18-35-37(9,10)29(6,7)8/h11-16,20H,17-19H2,1-10H3,(H,31,34). The topological polar surface area (TPSA) is 78.3 Å². The summed E-state index contributed by atoms with van der Waals surface area (Å²) >= 11 is 0. The lowest BCUT2D eigenvalue weighted by Crippen LogP contribution is -2.41. The molecule has 3 rings (SSSR count). The molecule has 1 aromatic carbocycles. The zero-order valence-electron chi connectivity index (χ0n) is 24.2. The number of carbonyl (C=O) groups is 1. The van der Waals surface area contributed by atoms with Crippen molar-refractivity contribution >= 4 is 25.3 Å². The molecule has 0 fully saturated rings. The molecule has 0 aliphatic rings. The van der Waals surface area contributed by atoms with E-state index in [0.29, 0.717) is 19.1 Å². The molecule has 1 amide bonds. The van der Waals surface area contributed by atoms with E-state index >= 15 is 0 Å². The van der Waals surface area contributed by atoms with Crippen LogP contribution in [-0.4, -0.2) is 41.4 Å². The van der Waals surface area contributed by atoms with Crippen LogP contribution in [0.5, 0.6) is 0 Å². The summed E-state index contributed by atoms with van der Waals surface area (Å²) in [4.78, 5) is 17.0. The van der Waals surface area contributed by atoms with Gasteiger partial charge in [-0.2, -0.15) is 5.10 Å². The van der Waals surface area contributed by atoms with Gasteiger partial charge in [-0.05, 0) is 56.5 Å². The zero-order valence-corrected chi connectivity index (χ0v) is 25.2. The van der Waals surface area contributed by atoms with E-state index in [1.54, 1.807) is 6.20 Å². The zero-order chi connectivity index (χ0) is 27.6. The molecule has 0 aliphatic heterocycles. The molecule has 0 aliphatic carbocycles. The van der Waals surface area contributed by atoms with Crippen LogP contribution < -0.4 is 5.32 Å². The molecule has 0 spiro atoms. The van der Waals surface area contributed by atoms with Crippen molar-refractivity contribution in [3.63, 3.8) is 0 Å². The maximum absolute atomic E-state index is 12.3. The molecular weight excluding hydrogens is 480 g/mol. The van der Waals surface area contributed by atoms with Gasteiger partial charge in [-0.1, -0.05) is 58.9 Å². The number of hydrogen-bond acceptors (Lipinski definition) is 5. The van der Waals surface area contributed by atoms with Gasteiger partial charge in [0.05, 0.1) is 30.9 Å². The Labute approximate surface area is 223 Å². The molecule has 0 saturated heterocycles. The van der Waals surface area contributed by atoms with E-state index in [1.807, 2.05) is 31.5 Å². The predicted molar refractivity (Wildman–Crippen MR) is 153 cm³/mol. The van der Waals surface area contributed by atoms with Gasteiger partial charge in [-0.3, -0.25) is 9.67 Å². The summed E-state index contributed by atoms with van der Waals surface area (Å²) in [5.41, 5.74) is 4.32. The number of hydrogen-bond donors (Lipinski definition) is 1. The highest BCUT2D eigenvalue weighted by Crippen LogP contribution is 2.36. The van der Waals surface area contributed by atoms with E-state index in [1.165, 1.54) is 5.56 Å². The van der Waals surface area contributed by atoms with Crippen LogP contribution in [0.2, 0.25) is 18.1 Å². The third-order valence-electron chi connectivity index (χ3n) is 6.96. The number of benzene rings is 1. The first kappa shape index (κ1) is 28.9. The fourth-order valence-electron chi connectivity index (χ4n) is 3.81. The van der Waals surface area contributed by atoms with Crippen LogP contribution in [0.3, 0.4) is 0 Å². The van der Waals surface area contributed by atoms with E-state index in [0.717, 1.165) is 27.9 Å². The molecule has 37 heavy (non-hydrogen) atoms. The van der Waals surface area contributed by atoms with Gasteiger partial charge in [-0.25, -0.2) is 4.79 Å². The third-order valence-corrected chi connectivity index (χ3v) is 11.5. The molecule has 7 nitrogen and oxygen atoms in total. The summed E-state index contributed by atoms with van der Waals surface area (Å²) in [5, 5.41) is 9.02. The average Bonchev–Trinajstić information content (AvgIpc) is 3.15. The van der Waals surface area contributed by atoms with Crippen molar-refractivity contribution in [2.75, 3.05) is 6.61 Å². The number of alkyl carbamates (subject to hydrolysis) is 1. The molecule has 1 N–H and O–H groups in total. The van der Waals surface area contributed by atoms with Crippen molar-refractivity contribution in [3.8, 4) is 11.3 Å². The molecule has 0 saturated carbocycles. The molecule has 2 aromatic heterocycles. The van der Waals surface area contributed by atoms with Crippen molar-refractivity contribution in [2.24, 2.45) is 0 Å². The van der Waals surface area contributed by atoms with Crippen LogP contribution in [0.15, 0.2) is 36.5 Å². The lowest BCUT2D eigenvalue weighted by Gasteiger charge is -2.36. The van der Waals surface area contributed by atoms with Crippen molar-refractivity contribution in [1.82, 2.24) is 20.1 Å². The second kappa shape index (κ2) is 11.0. The fraction of sp³-hybridized carbons (Fsp3) is 0.552. The molecule has 8 heteroatoms. The largest absolute Gasteiger partial charge is 0.444 e. The van der Waals surface area contributed by atoms with Crippen LogP contribution in [0.25, 0.3) is 22.2 Å². The van der Waals surface area contributed by atoms with Gasteiger partial charge in [0.1, 0.15) is 11.3 Å². The Bertz CT molecular complexity index is 1220. The van der Waals surface area contributed by atoms with Crippen molar-refractivity contribution < 1.29 is 14.0 Å². The summed E-state index contributed by atoms with van der Waals surface area (Å²) in [7, 11) is -1.90. The number of carbonyl (C=O) groups excluding carboxylic acids is 1. The van der Waals surface area contributed by atoms with Crippen molar-refractivity contribution in [2.45, 2.75) is 98.1 Å². The normalized spacial score (nSPS) is 12.8. The quantitative estimate of drug-likeness (QED) is 0.314. The molecular formula is C29H44N4O3Si. The Morgan fingerprint density at radius 2 is 1.70 bits per heavy atom. The van der Waals surface area contributed by atoms with Gasteiger partial charge in [0, 0.05) is 17.1 Å². The molecule has 0 atom stereocenters. The first-order valence-corrected chi connectivity index (χ1v) is 16.1. The number of fused-ring (bicyclic) bond motifs is 1. The SMILES string of the molecule is CC(C)c1ccc(-c2nn(CCO[Si](C)(C)C(C)(C)C)c3c(CNC(=O)OC(C)(C)C)nccc23)cc1. The van der Waals surface area contributed by atoms with Gasteiger partial charge in [-0.15, -0.1) is 0 Å². The third kappa shape index (κ3) is 7.20. The second-order valence-electron chi connectivity index (χ2n) is 12.5. The second-order valence-corrected chi connectivity index (χ2v) is 17.3. The minimum Gasteiger partial charge on any atom is -0.444 e. The van der Waals surface area contributed by atoms with Gasteiger partial charge in [0.2, 0.25) is 0 Å². The lowest BCUT2D eigenvalue weighted by molar-refractivity contribution is 0.0523. The highest BCUT2D eigenvalue weighted by molar-refractivity contribution is 6.74. The average molecular weight is 525 g/mol. The van der Waals surface area contributed by atoms with E-state index in [2.05, 4.69) is 82.3 Å². The first-order valence-electron chi connectivity index (χ1n) is 13.1. The predicted octanol–water partition coefficient (Wildman–Crippen LogP) is 7.27. The summed E-state index contributed by atoms with van der Waals surface area (Å²) < 4.78 is 13.9. The van der Waals surface area contributed by atoms with Crippen molar-refractivity contribution in [1.29, 1.82) is 0 Å². The van der Waals surface area contributed by atoms with Gasteiger partial charge in [0.15, 0.2) is 8.32 Å². The van der Waals surface area contributed by atoms with Crippen LogP contribution >= 0.6 is 0 Å². The summed E-state index contributed by atoms with van der Waals surface area (Å²) in [5.74, 6) is 0.463. The monoisotopic (exact) mass is 524 g/mol. The number of rotatable bonds is 8. The number of ether oxygens (including phenoxy) is 1. The van der Waals surface area contributed by atoms with E-state index in [9.17, 15) is 4.79 Å². The Balaban J connectivity index is 1.97. The highest BCUT2D eigenvalue weighted by Gasteiger charge is 2.37. The van der Waals surface area contributed by atoms with Crippen molar-refractivity contribution in [3.05, 3.63) is 47.8 Å². The molecule has 0 bridgehead atoms. The first-order chi connectivity index (χ1) is 17.1. The fourth-order valence-corrected chi connectivity index (χ4v) is 4.84. The molecule has 0 unspecified atom stereocenters. The maximum Gasteiger partial charge on any atom is 0.407 e. The van der Waals surface area contributed by atoms with Crippen LogP contribution in [0.1, 0.15) is 72.6 Å². The van der Waals surface area contributed by atoms with E-state index in [-0.39, 0.29) is 11.6 Å². The smallest absolute Gasteiger partial charge is 0.407 e. The summed E-state index contributed by atoms with van der Waals surface area (Å²) in [6.45, 7) is 22.6. The number of amides is 1. The summed E-state index contributed by atoms with van der Waals surface area (Å²) in [6.07, 6.45) is 1.31. The number of nitrogens with zero attached hydrogens (tertiary/aromatic N) is 3. The Kier molecular flexibility index (Phi) is 8.54. The molecule has 202 valence electrons. The minimum atomic E-state index is -1.90. The Morgan fingerprint density at radius 1 is 1.05 bits per heavy atom. The van der Waals surface area contributed by atoms with Crippen LogP contribution in [-0.2, 0) is 22.3 Å². The lowest BCUT2D eigenvalue weighted by atomic mass is 10.00. The van der Waals surface area contributed by atoms with E-state index in [4.69, 9.17) is 14.3 Å². The number of aromatic nitrogens is 3. The summed E-state index contributed by atoms with van der Waals surface area (Å²) in [6, 6.07) is 10.6. The number of pyridine rings is 1. The Hall–Kier alpha value is -2.71. The van der Waals surface area contributed by atoms with Gasteiger partial charge < -0.3 is 14.5 Å². The molecule has 3 aromatic rings. The van der Waals surface area contributed by atoms with Crippen LogP contribution in [0, 0.1) is 0 Å². The molecule has 0 radical (unpaired) electrons. The number of nitrogens with one attached hydrogen (secondary N) is 1. The Morgan fingerprint density at radius 3 is 2.27 bits per heavy atom.